The third kappa shape index (κ3) is 3.09. The maximum absolute atomic E-state index is 11.7. The minimum atomic E-state index is -2.24. The van der Waals surface area contributed by atoms with Crippen LogP contribution in [0.3, 0.4) is 0 Å². The molecule has 0 amide bonds. The number of hydrogen-bond donors (Lipinski definition) is 1. The Morgan fingerprint density at radius 1 is 1.31 bits per heavy atom. The summed E-state index contributed by atoms with van der Waals surface area (Å²) in [7, 11) is 0. The normalized spacial score (nSPS) is 17.4. The largest absolute Gasteiger partial charge is 0.772 e. The Bertz CT molecular complexity index is 941. The van der Waals surface area contributed by atoms with Gasteiger partial charge in [0.2, 0.25) is 0 Å². The predicted octanol–water partition coefficient (Wildman–Crippen LogP) is 1.80. The molecule has 0 bridgehead atoms. The summed E-state index contributed by atoms with van der Waals surface area (Å²) in [5.74, 6) is 0.738. The molecule has 9 heteroatoms. The van der Waals surface area contributed by atoms with E-state index < -0.39 is 16.3 Å². The zero-order valence-electron chi connectivity index (χ0n) is 14.2. The Balaban J connectivity index is 1.95. The second kappa shape index (κ2) is 7.10. The molecule has 0 spiro atoms. The van der Waals surface area contributed by atoms with Crippen LogP contribution < -0.4 is 4.90 Å². The Morgan fingerprint density at radius 2 is 2.12 bits per heavy atom. The molecule has 1 aliphatic rings. The third-order valence-electron chi connectivity index (χ3n) is 4.56. The van der Waals surface area contributed by atoms with Crippen molar-refractivity contribution >= 4 is 27.8 Å². The highest BCUT2D eigenvalue weighted by Crippen LogP contribution is 2.33. The molecule has 1 N–H and O–H groups in total. The van der Waals surface area contributed by atoms with E-state index in [1.165, 1.54) is 0 Å². The van der Waals surface area contributed by atoms with Gasteiger partial charge in [0.1, 0.15) is 17.0 Å². The second-order valence-electron chi connectivity index (χ2n) is 6.10. The van der Waals surface area contributed by atoms with E-state index in [1.54, 1.807) is 19.3 Å². The zero-order valence-corrected chi connectivity index (χ0v) is 15.0. The molecule has 0 aliphatic carbocycles. The number of nitrogens with zero attached hydrogens (tertiary/aromatic N) is 4. The third-order valence-corrected chi connectivity index (χ3v) is 5.40. The maximum Gasteiger partial charge on any atom is 0.129 e. The molecule has 0 radical (unpaired) electrons. The fourth-order valence-electron chi connectivity index (χ4n) is 3.14. The number of aromatic amines is 1. The van der Waals surface area contributed by atoms with E-state index in [9.17, 15) is 8.76 Å². The number of fused-ring (bicyclic) bond motifs is 1. The van der Waals surface area contributed by atoms with Crippen molar-refractivity contribution in [2.24, 2.45) is 0 Å². The molecule has 1 fully saturated rings. The smallest absolute Gasteiger partial charge is 0.129 e. The molecule has 3 aromatic heterocycles. The van der Waals surface area contributed by atoms with Crippen LogP contribution in [0.15, 0.2) is 30.6 Å². The lowest BCUT2D eigenvalue weighted by molar-refractivity contribution is 0.122. The summed E-state index contributed by atoms with van der Waals surface area (Å²) < 4.78 is 28.7. The highest BCUT2D eigenvalue weighted by atomic mass is 32.2. The maximum atomic E-state index is 11.7. The summed E-state index contributed by atoms with van der Waals surface area (Å²) >= 11 is -2.24. The van der Waals surface area contributed by atoms with E-state index in [1.807, 2.05) is 18.2 Å². The van der Waals surface area contributed by atoms with Crippen molar-refractivity contribution in [2.45, 2.75) is 12.2 Å². The number of pyridine rings is 2. The van der Waals surface area contributed by atoms with E-state index >= 15 is 0 Å². The van der Waals surface area contributed by atoms with Gasteiger partial charge in [-0.2, -0.15) is 5.10 Å². The molecule has 4 heterocycles. The number of hydrogen-bond acceptors (Lipinski definition) is 7. The number of nitrogens with one attached hydrogen (secondary N) is 1. The van der Waals surface area contributed by atoms with Gasteiger partial charge in [-0.15, -0.1) is 0 Å². The average Bonchev–Trinajstić information content (AvgIpc) is 3.21. The molecule has 136 valence electrons. The molecule has 8 nitrogen and oxygen atoms in total. The summed E-state index contributed by atoms with van der Waals surface area (Å²) in [4.78, 5) is 11.4. The van der Waals surface area contributed by atoms with Gasteiger partial charge in [-0.1, -0.05) is 0 Å². The van der Waals surface area contributed by atoms with E-state index in [0.29, 0.717) is 43.1 Å². The quantitative estimate of drug-likeness (QED) is 0.696. The van der Waals surface area contributed by atoms with Crippen LogP contribution in [0.25, 0.3) is 22.3 Å². The lowest BCUT2D eigenvalue weighted by Crippen LogP contribution is -2.36. The predicted molar refractivity (Wildman–Crippen MR) is 97.5 cm³/mol. The Hall–Kier alpha value is -2.36. The van der Waals surface area contributed by atoms with Gasteiger partial charge in [0.15, 0.2) is 0 Å². The molecule has 2 unspecified atom stereocenters. The number of morpholine rings is 1. The van der Waals surface area contributed by atoms with Crippen molar-refractivity contribution in [1.82, 2.24) is 20.2 Å². The molecular weight excluding hydrogens is 354 g/mol. The van der Waals surface area contributed by atoms with E-state index in [0.717, 1.165) is 16.9 Å². The number of anilines is 1. The fourth-order valence-corrected chi connectivity index (χ4v) is 3.55. The van der Waals surface area contributed by atoms with Crippen LogP contribution in [0.2, 0.25) is 0 Å². The molecule has 2 atom stereocenters. The molecule has 26 heavy (non-hydrogen) atoms. The van der Waals surface area contributed by atoms with Crippen molar-refractivity contribution in [1.29, 1.82) is 0 Å². The van der Waals surface area contributed by atoms with E-state index in [2.05, 4.69) is 20.1 Å². The van der Waals surface area contributed by atoms with Crippen LogP contribution in [-0.2, 0) is 15.8 Å². The minimum Gasteiger partial charge on any atom is -0.772 e. The minimum absolute atomic E-state index is 0.624. The van der Waals surface area contributed by atoms with Gasteiger partial charge < -0.3 is 14.2 Å². The first kappa shape index (κ1) is 17.1. The summed E-state index contributed by atoms with van der Waals surface area (Å²) in [6.07, 6.45) is 3.32. The molecule has 3 aromatic rings. The van der Waals surface area contributed by atoms with Gasteiger partial charge in [0, 0.05) is 36.1 Å². The first-order valence-corrected chi connectivity index (χ1v) is 9.49. The highest BCUT2D eigenvalue weighted by molar-refractivity contribution is 7.79. The number of aromatic nitrogens is 4. The van der Waals surface area contributed by atoms with Crippen molar-refractivity contribution in [3.05, 3.63) is 36.2 Å². The van der Waals surface area contributed by atoms with Crippen molar-refractivity contribution in [3.8, 4) is 11.4 Å². The highest BCUT2D eigenvalue weighted by Gasteiger charge is 2.20. The van der Waals surface area contributed by atoms with Gasteiger partial charge in [0.05, 0.1) is 18.9 Å². The number of rotatable bonds is 4. The van der Waals surface area contributed by atoms with Crippen LogP contribution in [0.5, 0.6) is 0 Å². The van der Waals surface area contributed by atoms with E-state index in [-0.39, 0.29) is 0 Å². The lowest BCUT2D eigenvalue weighted by Gasteiger charge is -2.29. The second-order valence-corrected chi connectivity index (χ2v) is 7.33. The first-order valence-electron chi connectivity index (χ1n) is 8.35. The molecule has 1 saturated heterocycles. The summed E-state index contributed by atoms with van der Waals surface area (Å²) in [5.41, 5.74) is 2.77. The Morgan fingerprint density at radius 3 is 2.81 bits per heavy atom. The van der Waals surface area contributed by atoms with Gasteiger partial charge in [-0.3, -0.25) is 14.3 Å². The van der Waals surface area contributed by atoms with Crippen LogP contribution in [0, 0.1) is 0 Å². The fraction of sp³-hybridized carbons (Fsp3) is 0.353. The van der Waals surface area contributed by atoms with Crippen LogP contribution in [-0.4, -0.2) is 55.2 Å². The van der Waals surface area contributed by atoms with Crippen LogP contribution >= 0.6 is 0 Å². The lowest BCUT2D eigenvalue weighted by atomic mass is 10.0. The number of ether oxygens (including phenoxy) is 1. The summed E-state index contributed by atoms with van der Waals surface area (Å²) in [6.45, 7) is 4.35. The Kier molecular flexibility index (Phi) is 4.66. The standard InChI is InChI=1S/C17H19N5O3S/c1-11(26(23)24)13-10-15(22-6-8-25-9-7-22)20-16-12(13)2-4-18-17(16)14-3-5-19-21-14/h2-5,10-11H,6-9H2,1H3,(H,19,21)(H,23,24)/p-1. The van der Waals surface area contributed by atoms with E-state index in [4.69, 9.17) is 9.72 Å². The molecule has 0 saturated carbocycles. The zero-order chi connectivity index (χ0) is 18.1. The SMILES string of the molecule is CC(c1cc(N2CCOCC2)nc2c(-c3ccn[nH]3)nccc12)S(=O)[O-]. The van der Waals surface area contributed by atoms with Gasteiger partial charge >= 0.3 is 0 Å². The molecule has 1 aliphatic heterocycles. The molecular formula is C17H18N5O3S-. The summed E-state index contributed by atoms with van der Waals surface area (Å²) in [6, 6.07) is 5.49. The topological polar surface area (TPSA) is 107 Å². The van der Waals surface area contributed by atoms with Gasteiger partial charge in [-0.25, -0.2) is 4.98 Å². The first-order chi connectivity index (χ1) is 12.6. The van der Waals surface area contributed by atoms with Crippen molar-refractivity contribution in [3.63, 3.8) is 0 Å². The van der Waals surface area contributed by atoms with Crippen molar-refractivity contribution in [2.75, 3.05) is 31.2 Å². The molecule has 0 aromatic carbocycles. The number of H-pyrrole nitrogens is 1. The van der Waals surface area contributed by atoms with Gasteiger partial charge in [-0.05, 0) is 41.8 Å². The van der Waals surface area contributed by atoms with Crippen LogP contribution in [0.1, 0.15) is 17.7 Å². The Labute approximate surface area is 152 Å². The van der Waals surface area contributed by atoms with Crippen molar-refractivity contribution < 1.29 is 13.5 Å². The van der Waals surface area contributed by atoms with Crippen LogP contribution in [0.4, 0.5) is 5.82 Å². The molecule has 4 rings (SSSR count). The monoisotopic (exact) mass is 372 g/mol. The van der Waals surface area contributed by atoms with Gasteiger partial charge in [0.25, 0.3) is 0 Å². The average molecular weight is 372 g/mol. The summed E-state index contributed by atoms with van der Waals surface area (Å²) in [5, 5.41) is 7.01.